The highest BCUT2D eigenvalue weighted by Gasteiger charge is 2.12. The predicted molar refractivity (Wildman–Crippen MR) is 56.1 cm³/mol. The lowest BCUT2D eigenvalue weighted by Gasteiger charge is -2.19. The van der Waals surface area contributed by atoms with Gasteiger partial charge in [-0.05, 0) is 24.7 Å². The minimum Gasteiger partial charge on any atom is -0.216 e. The molecule has 0 fully saturated rings. The summed E-state index contributed by atoms with van der Waals surface area (Å²) in [5.74, 6) is 1.07. The summed E-state index contributed by atoms with van der Waals surface area (Å²) in [4.78, 5) is 0. The van der Waals surface area contributed by atoms with Crippen LogP contribution in [-0.4, -0.2) is 14.5 Å². The van der Waals surface area contributed by atoms with E-state index in [4.69, 9.17) is 0 Å². The third-order valence-corrected chi connectivity index (χ3v) is 2.38. The van der Waals surface area contributed by atoms with Crippen molar-refractivity contribution in [1.82, 2.24) is 4.72 Å². The van der Waals surface area contributed by atoms with Crippen LogP contribution < -0.4 is 4.72 Å². The van der Waals surface area contributed by atoms with Gasteiger partial charge in [-0.25, -0.2) is 13.1 Å². The summed E-state index contributed by atoms with van der Waals surface area (Å²) in [5, 5.41) is 0. The number of hydrogen-bond acceptors (Lipinski definition) is 2. The standard InChI is InChI=1S/C9H21NO2S/c1-7(2)5-9(6-8(3)4)10-13(11)12/h7-9,13H,5-6H2,1-4H3,(H,10,11,12). The Morgan fingerprint density at radius 2 is 1.38 bits per heavy atom. The summed E-state index contributed by atoms with van der Waals surface area (Å²) in [6.45, 7) is 8.42. The molecule has 0 aliphatic heterocycles. The van der Waals surface area contributed by atoms with Crippen molar-refractivity contribution in [3.8, 4) is 0 Å². The molecule has 1 N–H and O–H groups in total. The molecule has 0 amide bonds. The molecule has 0 atom stereocenters. The van der Waals surface area contributed by atoms with Crippen LogP contribution in [-0.2, 0) is 10.9 Å². The first kappa shape index (κ1) is 12.9. The molecule has 0 aromatic carbocycles. The van der Waals surface area contributed by atoms with Crippen molar-refractivity contribution >= 4 is 10.9 Å². The maximum atomic E-state index is 10.5. The van der Waals surface area contributed by atoms with E-state index in [-0.39, 0.29) is 6.04 Å². The smallest absolute Gasteiger partial charge is 0.201 e. The van der Waals surface area contributed by atoms with E-state index in [9.17, 15) is 8.42 Å². The van der Waals surface area contributed by atoms with Crippen molar-refractivity contribution < 1.29 is 8.42 Å². The summed E-state index contributed by atoms with van der Waals surface area (Å²) in [5.41, 5.74) is 0. The molecule has 0 spiro atoms. The first-order valence-corrected chi connectivity index (χ1v) is 6.00. The molecule has 0 saturated carbocycles. The van der Waals surface area contributed by atoms with E-state index in [1.54, 1.807) is 0 Å². The SMILES string of the molecule is CC(C)CC(CC(C)C)N[SH](=O)=O. The van der Waals surface area contributed by atoms with Crippen molar-refractivity contribution in [1.29, 1.82) is 0 Å². The molecule has 0 aromatic rings. The van der Waals surface area contributed by atoms with Gasteiger partial charge in [-0.3, -0.25) is 0 Å². The van der Waals surface area contributed by atoms with Crippen LogP contribution in [0.3, 0.4) is 0 Å². The van der Waals surface area contributed by atoms with Gasteiger partial charge in [0.05, 0.1) is 0 Å². The molecule has 0 heterocycles. The molecule has 0 aliphatic rings. The number of nitrogens with one attached hydrogen (secondary N) is 1. The van der Waals surface area contributed by atoms with Gasteiger partial charge in [0.25, 0.3) is 0 Å². The van der Waals surface area contributed by atoms with Crippen molar-refractivity contribution in [2.45, 2.75) is 46.6 Å². The van der Waals surface area contributed by atoms with Crippen LogP contribution in [0.5, 0.6) is 0 Å². The van der Waals surface area contributed by atoms with Gasteiger partial charge >= 0.3 is 0 Å². The van der Waals surface area contributed by atoms with Gasteiger partial charge in [0.2, 0.25) is 10.9 Å². The van der Waals surface area contributed by atoms with Crippen LogP contribution in [0.2, 0.25) is 0 Å². The van der Waals surface area contributed by atoms with Crippen LogP contribution in [0.15, 0.2) is 0 Å². The van der Waals surface area contributed by atoms with E-state index in [1.807, 2.05) is 0 Å². The Morgan fingerprint density at radius 1 is 1.00 bits per heavy atom. The number of rotatable bonds is 6. The molecule has 0 aliphatic carbocycles. The summed E-state index contributed by atoms with van der Waals surface area (Å²) in [7, 11) is -2.45. The maximum absolute atomic E-state index is 10.5. The van der Waals surface area contributed by atoms with E-state index in [0.29, 0.717) is 11.8 Å². The molecule has 4 heteroatoms. The van der Waals surface area contributed by atoms with Crippen molar-refractivity contribution in [2.75, 3.05) is 0 Å². The average Bonchev–Trinajstić information content (AvgIpc) is 1.80. The minimum absolute atomic E-state index is 0.112. The third kappa shape index (κ3) is 8.25. The fraction of sp³-hybridized carbons (Fsp3) is 1.00. The average molecular weight is 207 g/mol. The molecule has 13 heavy (non-hydrogen) atoms. The van der Waals surface area contributed by atoms with E-state index in [2.05, 4.69) is 32.4 Å². The fourth-order valence-electron chi connectivity index (χ4n) is 1.49. The fourth-order valence-corrected chi connectivity index (χ4v) is 2.00. The quantitative estimate of drug-likeness (QED) is 0.649. The lowest BCUT2D eigenvalue weighted by Crippen LogP contribution is -2.30. The molecule has 0 radical (unpaired) electrons. The van der Waals surface area contributed by atoms with E-state index >= 15 is 0 Å². The molecule has 3 nitrogen and oxygen atoms in total. The Labute approximate surface area is 83.0 Å². The number of thiol groups is 1. The Morgan fingerprint density at radius 3 is 1.62 bits per heavy atom. The second kappa shape index (κ2) is 6.38. The Hall–Kier alpha value is -0.0900. The van der Waals surface area contributed by atoms with Crippen molar-refractivity contribution in [3.05, 3.63) is 0 Å². The second-order valence-electron chi connectivity index (χ2n) is 4.34. The molecule has 0 saturated heterocycles. The van der Waals surface area contributed by atoms with Crippen LogP contribution in [0.25, 0.3) is 0 Å². The molecule has 80 valence electrons. The molecular weight excluding hydrogens is 186 g/mol. The molecule has 0 aromatic heterocycles. The molecule has 0 bridgehead atoms. The zero-order valence-corrected chi connectivity index (χ0v) is 9.80. The molecular formula is C9H21NO2S. The first-order chi connectivity index (χ1) is 5.91. The highest BCUT2D eigenvalue weighted by molar-refractivity contribution is 7.70. The first-order valence-electron chi connectivity index (χ1n) is 4.82. The second-order valence-corrected chi connectivity index (χ2v) is 5.11. The van der Waals surface area contributed by atoms with E-state index in [0.717, 1.165) is 12.8 Å². The predicted octanol–water partition coefficient (Wildman–Crippen LogP) is 1.56. The van der Waals surface area contributed by atoms with Crippen LogP contribution >= 0.6 is 0 Å². The monoisotopic (exact) mass is 207 g/mol. The molecule has 0 rings (SSSR count). The van der Waals surface area contributed by atoms with Gasteiger partial charge in [-0.2, -0.15) is 0 Å². The largest absolute Gasteiger partial charge is 0.216 e. The Bertz CT molecular complexity index is 182. The highest BCUT2D eigenvalue weighted by Crippen LogP contribution is 2.12. The lowest BCUT2D eigenvalue weighted by atomic mass is 9.97. The zero-order valence-electron chi connectivity index (χ0n) is 8.91. The zero-order chi connectivity index (χ0) is 10.4. The van der Waals surface area contributed by atoms with Gasteiger partial charge < -0.3 is 0 Å². The van der Waals surface area contributed by atoms with Crippen molar-refractivity contribution in [2.24, 2.45) is 11.8 Å². The van der Waals surface area contributed by atoms with Crippen molar-refractivity contribution in [3.63, 3.8) is 0 Å². The third-order valence-electron chi connectivity index (χ3n) is 1.80. The van der Waals surface area contributed by atoms with Gasteiger partial charge in [0, 0.05) is 6.04 Å². The highest BCUT2D eigenvalue weighted by atomic mass is 32.2. The van der Waals surface area contributed by atoms with Gasteiger partial charge in [0.1, 0.15) is 0 Å². The summed E-state index contributed by atoms with van der Waals surface area (Å²) in [6.07, 6.45) is 1.84. The van der Waals surface area contributed by atoms with Gasteiger partial charge in [0.15, 0.2) is 0 Å². The maximum Gasteiger partial charge on any atom is 0.201 e. The van der Waals surface area contributed by atoms with Gasteiger partial charge in [-0.15, -0.1) is 0 Å². The van der Waals surface area contributed by atoms with Gasteiger partial charge in [-0.1, -0.05) is 27.7 Å². The van der Waals surface area contributed by atoms with Crippen LogP contribution in [0.1, 0.15) is 40.5 Å². The van der Waals surface area contributed by atoms with E-state index < -0.39 is 10.9 Å². The Balaban J connectivity index is 4.02. The van der Waals surface area contributed by atoms with Crippen LogP contribution in [0, 0.1) is 11.8 Å². The minimum atomic E-state index is -2.45. The Kier molecular flexibility index (Phi) is 6.33. The summed E-state index contributed by atoms with van der Waals surface area (Å²) >= 11 is 0. The van der Waals surface area contributed by atoms with Crippen LogP contribution in [0.4, 0.5) is 0 Å². The van der Waals surface area contributed by atoms with E-state index in [1.165, 1.54) is 0 Å². The topological polar surface area (TPSA) is 46.2 Å². The normalized spacial score (nSPS) is 12.3. The lowest BCUT2D eigenvalue weighted by molar-refractivity contribution is 0.399. The molecule has 0 unspecified atom stereocenters. The summed E-state index contributed by atoms with van der Waals surface area (Å²) < 4.78 is 23.6. The summed E-state index contributed by atoms with van der Waals surface area (Å²) in [6, 6.07) is 0.112. The number of hydrogen-bond donors (Lipinski definition) is 2.